The van der Waals surface area contributed by atoms with E-state index in [4.69, 9.17) is 4.74 Å². The van der Waals surface area contributed by atoms with Gasteiger partial charge < -0.3 is 9.84 Å². The molecule has 0 heterocycles. The third kappa shape index (κ3) is 4.49. The number of ketones is 1. The lowest BCUT2D eigenvalue weighted by Crippen LogP contribution is -2.10. The van der Waals surface area contributed by atoms with Crippen LogP contribution in [0.4, 0.5) is 0 Å². The molecule has 0 radical (unpaired) electrons. The van der Waals surface area contributed by atoms with E-state index in [0.717, 1.165) is 12.8 Å². The fourth-order valence-electron chi connectivity index (χ4n) is 1.63. The van der Waals surface area contributed by atoms with Crippen LogP contribution in [-0.4, -0.2) is 21.3 Å². The lowest BCUT2D eigenvalue weighted by atomic mass is 10.0. The first-order chi connectivity index (χ1) is 8.99. The molecule has 5 heteroatoms. The van der Waals surface area contributed by atoms with Crippen LogP contribution in [-0.2, 0) is 4.79 Å². The van der Waals surface area contributed by atoms with Crippen molar-refractivity contribution in [3.63, 3.8) is 0 Å². The highest BCUT2D eigenvalue weighted by Crippen LogP contribution is 2.29. The molecule has 0 aliphatic carbocycles. The van der Waals surface area contributed by atoms with Crippen molar-refractivity contribution in [3.05, 3.63) is 23.3 Å². The second-order valence-corrected chi connectivity index (χ2v) is 5.03. The number of halogens is 1. The largest absolute Gasteiger partial charge is 0.507 e. The van der Waals surface area contributed by atoms with Gasteiger partial charge in [-0.05, 0) is 25.0 Å². The van der Waals surface area contributed by atoms with Crippen LogP contribution in [0.25, 0.3) is 0 Å². The minimum Gasteiger partial charge on any atom is -0.507 e. The molecule has 0 aliphatic rings. The Hall–Kier alpha value is -1.11. The molecule has 0 amide bonds. The number of ether oxygens (including phenoxy) is 1. The number of alkyl halides is 1. The Labute approximate surface area is 126 Å². The van der Waals surface area contributed by atoms with Gasteiger partial charge in [0.05, 0.1) is 9.99 Å². The zero-order chi connectivity index (χ0) is 14.4. The van der Waals surface area contributed by atoms with Crippen molar-refractivity contribution in [2.75, 3.05) is 4.43 Å². The Morgan fingerprint density at radius 3 is 2.63 bits per heavy atom. The number of Topliss-reactive ketones (excluding diaryl/α,β-unsaturated/α-hetero) is 1. The zero-order valence-corrected chi connectivity index (χ0v) is 13.2. The van der Waals surface area contributed by atoms with E-state index in [0.29, 0.717) is 23.3 Å². The Bertz CT molecular complexity index is 483. The molecular formula is C14H17IO4. The summed E-state index contributed by atoms with van der Waals surface area (Å²) in [6, 6.07) is 2.90. The standard InChI is InChI=1S/C14H17IO4/c1-3-4-5-11(16)10-6-9(2)13(7-12(10)17)19-14(18)8-15/h6-7,17H,3-5,8H2,1-2H3. The van der Waals surface area contributed by atoms with Gasteiger partial charge in [0.2, 0.25) is 0 Å². The van der Waals surface area contributed by atoms with Gasteiger partial charge in [-0.2, -0.15) is 0 Å². The molecule has 0 saturated carbocycles. The van der Waals surface area contributed by atoms with E-state index in [2.05, 4.69) is 0 Å². The Morgan fingerprint density at radius 2 is 2.05 bits per heavy atom. The van der Waals surface area contributed by atoms with Gasteiger partial charge in [0.25, 0.3) is 0 Å². The summed E-state index contributed by atoms with van der Waals surface area (Å²) >= 11 is 1.90. The quantitative estimate of drug-likeness (QED) is 0.272. The maximum absolute atomic E-state index is 11.9. The third-order valence-corrected chi connectivity index (χ3v) is 3.31. The number of benzene rings is 1. The number of rotatable bonds is 6. The molecule has 1 aromatic carbocycles. The average molecular weight is 376 g/mol. The Morgan fingerprint density at radius 1 is 1.37 bits per heavy atom. The number of hydrogen-bond donors (Lipinski definition) is 1. The normalized spacial score (nSPS) is 10.3. The molecule has 4 nitrogen and oxygen atoms in total. The molecule has 1 rings (SSSR count). The van der Waals surface area contributed by atoms with Gasteiger partial charge in [-0.15, -0.1) is 0 Å². The van der Waals surface area contributed by atoms with Gasteiger partial charge >= 0.3 is 5.97 Å². The van der Waals surface area contributed by atoms with Crippen molar-refractivity contribution in [2.45, 2.75) is 33.1 Å². The van der Waals surface area contributed by atoms with E-state index in [1.54, 1.807) is 13.0 Å². The highest BCUT2D eigenvalue weighted by molar-refractivity contribution is 14.1. The molecule has 0 unspecified atom stereocenters. The van der Waals surface area contributed by atoms with E-state index in [1.807, 2.05) is 29.5 Å². The van der Waals surface area contributed by atoms with Crippen LogP contribution in [0.1, 0.15) is 42.1 Å². The van der Waals surface area contributed by atoms with Crippen LogP contribution in [0.5, 0.6) is 11.5 Å². The summed E-state index contributed by atoms with van der Waals surface area (Å²) in [6.07, 6.45) is 2.14. The van der Waals surface area contributed by atoms with Crippen molar-refractivity contribution in [2.24, 2.45) is 0 Å². The van der Waals surface area contributed by atoms with Crippen LogP contribution in [0.15, 0.2) is 12.1 Å². The zero-order valence-electron chi connectivity index (χ0n) is 11.0. The highest BCUT2D eigenvalue weighted by Gasteiger charge is 2.15. The predicted molar refractivity (Wildman–Crippen MR) is 81.2 cm³/mol. The van der Waals surface area contributed by atoms with Crippen LogP contribution in [0.3, 0.4) is 0 Å². The molecule has 0 fully saturated rings. The molecular weight excluding hydrogens is 359 g/mol. The number of aryl methyl sites for hydroxylation is 1. The van der Waals surface area contributed by atoms with Gasteiger partial charge in [0.1, 0.15) is 11.5 Å². The van der Waals surface area contributed by atoms with Gasteiger partial charge in [-0.1, -0.05) is 35.9 Å². The van der Waals surface area contributed by atoms with Crippen LogP contribution < -0.4 is 4.74 Å². The number of carbonyl (C=O) groups excluding carboxylic acids is 2. The molecule has 0 atom stereocenters. The summed E-state index contributed by atoms with van der Waals surface area (Å²) in [5.74, 6) is -0.309. The summed E-state index contributed by atoms with van der Waals surface area (Å²) in [6.45, 7) is 3.75. The van der Waals surface area contributed by atoms with Gasteiger partial charge in [-0.3, -0.25) is 9.59 Å². The van der Waals surface area contributed by atoms with E-state index in [9.17, 15) is 14.7 Å². The topological polar surface area (TPSA) is 63.6 Å². The van der Waals surface area contributed by atoms with Crippen molar-refractivity contribution in [1.29, 1.82) is 0 Å². The maximum Gasteiger partial charge on any atom is 0.321 e. The van der Waals surface area contributed by atoms with Crippen molar-refractivity contribution >= 4 is 34.3 Å². The highest BCUT2D eigenvalue weighted by atomic mass is 127. The van der Waals surface area contributed by atoms with Gasteiger partial charge in [0.15, 0.2) is 5.78 Å². The van der Waals surface area contributed by atoms with E-state index < -0.39 is 0 Å². The molecule has 19 heavy (non-hydrogen) atoms. The number of phenolic OH excluding ortho intramolecular Hbond substituents is 1. The molecule has 1 N–H and O–H groups in total. The van der Waals surface area contributed by atoms with Gasteiger partial charge in [0, 0.05) is 12.5 Å². The summed E-state index contributed by atoms with van der Waals surface area (Å²) in [5.41, 5.74) is 0.955. The summed E-state index contributed by atoms with van der Waals surface area (Å²) < 4.78 is 5.30. The van der Waals surface area contributed by atoms with Crippen LogP contribution in [0, 0.1) is 6.92 Å². The number of aromatic hydroxyl groups is 1. The maximum atomic E-state index is 11.9. The molecule has 1 aromatic rings. The lowest BCUT2D eigenvalue weighted by molar-refractivity contribution is -0.131. The monoisotopic (exact) mass is 376 g/mol. The molecule has 0 aliphatic heterocycles. The summed E-state index contributed by atoms with van der Waals surface area (Å²) in [7, 11) is 0. The fraction of sp³-hybridized carbons (Fsp3) is 0.429. The SMILES string of the molecule is CCCCC(=O)c1cc(C)c(OC(=O)CI)cc1O. The number of esters is 1. The molecule has 0 aromatic heterocycles. The smallest absolute Gasteiger partial charge is 0.321 e. The van der Waals surface area contributed by atoms with Crippen LogP contribution >= 0.6 is 22.6 Å². The average Bonchev–Trinajstić information content (AvgIpc) is 2.39. The van der Waals surface area contributed by atoms with E-state index in [-0.39, 0.29) is 21.9 Å². The van der Waals surface area contributed by atoms with Crippen molar-refractivity contribution < 1.29 is 19.4 Å². The molecule has 104 valence electrons. The summed E-state index contributed by atoms with van der Waals surface area (Å²) in [4.78, 5) is 23.1. The van der Waals surface area contributed by atoms with Crippen molar-refractivity contribution in [3.8, 4) is 11.5 Å². The Kier molecular flexibility index (Phi) is 6.27. The first kappa shape index (κ1) is 15.9. The minimum absolute atomic E-state index is 0.0887. The Balaban J connectivity index is 2.96. The van der Waals surface area contributed by atoms with Crippen molar-refractivity contribution in [1.82, 2.24) is 0 Å². The van der Waals surface area contributed by atoms with Crippen LogP contribution in [0.2, 0.25) is 0 Å². The fourth-order valence-corrected chi connectivity index (χ4v) is 1.79. The number of unbranched alkanes of at least 4 members (excludes halogenated alkanes) is 1. The lowest BCUT2D eigenvalue weighted by Gasteiger charge is -2.10. The van der Waals surface area contributed by atoms with E-state index >= 15 is 0 Å². The van der Waals surface area contributed by atoms with E-state index in [1.165, 1.54) is 6.07 Å². The second kappa shape index (κ2) is 7.47. The first-order valence-electron chi connectivity index (χ1n) is 6.13. The predicted octanol–water partition coefficient (Wildman–Crippen LogP) is 3.41. The third-order valence-electron chi connectivity index (χ3n) is 2.68. The first-order valence-corrected chi connectivity index (χ1v) is 7.65. The minimum atomic E-state index is -0.381. The number of carbonyl (C=O) groups is 2. The number of hydrogen-bond acceptors (Lipinski definition) is 4. The van der Waals surface area contributed by atoms with Gasteiger partial charge in [-0.25, -0.2) is 0 Å². The summed E-state index contributed by atoms with van der Waals surface area (Å²) in [5, 5.41) is 9.86. The second-order valence-electron chi connectivity index (χ2n) is 4.27. The molecule has 0 bridgehead atoms. The number of phenols is 1. The molecule has 0 saturated heterocycles. The molecule has 0 spiro atoms.